The largest absolute Gasteiger partial charge is 0.481 e. The highest BCUT2D eigenvalue weighted by Crippen LogP contribution is 2.29. The van der Waals surface area contributed by atoms with Gasteiger partial charge in [0.25, 0.3) is 0 Å². The molecule has 16 heavy (non-hydrogen) atoms. The molecule has 1 aromatic heterocycles. The Morgan fingerprint density at radius 3 is 2.50 bits per heavy atom. The first-order valence-electron chi connectivity index (χ1n) is 5.37. The number of nitrogens with zero attached hydrogens (tertiary/aromatic N) is 2. The minimum atomic E-state index is -0.915. The molecular formula is C11H18N2O2S. The van der Waals surface area contributed by atoms with Crippen molar-refractivity contribution in [2.45, 2.75) is 33.1 Å². The standard InChI is InChI=1S/C11H18N2O2S/c1-5-13(6-2)10-12-8(7-16-10)11(3,4)9(14)15/h7H,5-6H2,1-4H3,(H,14,15). The van der Waals surface area contributed by atoms with Crippen LogP contribution in [-0.2, 0) is 10.2 Å². The Morgan fingerprint density at radius 1 is 1.50 bits per heavy atom. The molecule has 0 fully saturated rings. The molecule has 5 heteroatoms. The van der Waals surface area contributed by atoms with Crippen molar-refractivity contribution < 1.29 is 9.90 Å². The van der Waals surface area contributed by atoms with Gasteiger partial charge in [-0.15, -0.1) is 11.3 Å². The van der Waals surface area contributed by atoms with E-state index in [9.17, 15) is 4.79 Å². The SMILES string of the molecule is CCN(CC)c1nc(C(C)(C)C(=O)O)cs1. The van der Waals surface area contributed by atoms with Crippen LogP contribution in [0, 0.1) is 0 Å². The molecule has 0 aliphatic heterocycles. The predicted molar refractivity (Wildman–Crippen MR) is 66.3 cm³/mol. The van der Waals surface area contributed by atoms with Crippen LogP contribution in [0.4, 0.5) is 5.13 Å². The molecule has 0 spiro atoms. The van der Waals surface area contributed by atoms with Crippen LogP contribution < -0.4 is 4.90 Å². The topological polar surface area (TPSA) is 53.4 Å². The summed E-state index contributed by atoms with van der Waals surface area (Å²) in [5.41, 5.74) is -0.283. The minimum absolute atomic E-state index is 0.631. The second kappa shape index (κ2) is 4.82. The summed E-state index contributed by atoms with van der Waals surface area (Å²) >= 11 is 1.50. The van der Waals surface area contributed by atoms with Crippen LogP contribution in [0.1, 0.15) is 33.4 Å². The number of carboxylic acids is 1. The second-order valence-electron chi connectivity index (χ2n) is 4.12. The third-order valence-corrected chi connectivity index (χ3v) is 3.60. The molecule has 0 aliphatic carbocycles. The number of rotatable bonds is 5. The van der Waals surface area contributed by atoms with Crippen molar-refractivity contribution in [1.29, 1.82) is 0 Å². The molecule has 1 rings (SSSR count). The van der Waals surface area contributed by atoms with Gasteiger partial charge in [0.2, 0.25) is 0 Å². The Morgan fingerprint density at radius 2 is 2.06 bits per heavy atom. The van der Waals surface area contributed by atoms with E-state index in [1.165, 1.54) is 11.3 Å². The van der Waals surface area contributed by atoms with Crippen LogP contribution in [0.3, 0.4) is 0 Å². The van der Waals surface area contributed by atoms with Gasteiger partial charge >= 0.3 is 5.97 Å². The average Bonchev–Trinajstić information content (AvgIpc) is 2.69. The number of aromatic nitrogens is 1. The Hall–Kier alpha value is -1.10. The number of carboxylic acid groups (broad SMARTS) is 1. The molecule has 1 N–H and O–H groups in total. The second-order valence-corrected chi connectivity index (χ2v) is 4.95. The molecule has 90 valence electrons. The van der Waals surface area contributed by atoms with Crippen LogP contribution in [-0.4, -0.2) is 29.1 Å². The predicted octanol–water partition coefficient (Wildman–Crippen LogP) is 2.35. The van der Waals surface area contributed by atoms with E-state index in [1.54, 1.807) is 13.8 Å². The number of anilines is 1. The van der Waals surface area contributed by atoms with E-state index in [1.807, 2.05) is 5.38 Å². The van der Waals surface area contributed by atoms with Gasteiger partial charge in [-0.1, -0.05) is 0 Å². The van der Waals surface area contributed by atoms with Crippen molar-refractivity contribution in [2.24, 2.45) is 0 Å². The van der Waals surface area contributed by atoms with E-state index < -0.39 is 11.4 Å². The Balaban J connectivity index is 2.99. The number of hydrogen-bond acceptors (Lipinski definition) is 4. The third kappa shape index (κ3) is 2.35. The van der Waals surface area contributed by atoms with Crippen LogP contribution in [0.25, 0.3) is 0 Å². The molecule has 1 aromatic rings. The highest BCUT2D eigenvalue weighted by atomic mass is 32.1. The average molecular weight is 242 g/mol. The van der Waals surface area contributed by atoms with Crippen molar-refractivity contribution in [1.82, 2.24) is 4.98 Å². The lowest BCUT2D eigenvalue weighted by Crippen LogP contribution is -2.29. The summed E-state index contributed by atoms with van der Waals surface area (Å²) in [5.74, 6) is -0.844. The zero-order valence-corrected chi connectivity index (χ0v) is 11.0. The van der Waals surface area contributed by atoms with Crippen LogP contribution in [0.2, 0.25) is 0 Å². The van der Waals surface area contributed by atoms with E-state index in [-0.39, 0.29) is 0 Å². The smallest absolute Gasteiger partial charge is 0.315 e. The molecule has 0 aliphatic rings. The number of hydrogen-bond donors (Lipinski definition) is 1. The van der Waals surface area contributed by atoms with Gasteiger partial charge in [-0.25, -0.2) is 4.98 Å². The van der Waals surface area contributed by atoms with Crippen molar-refractivity contribution in [2.75, 3.05) is 18.0 Å². The van der Waals surface area contributed by atoms with E-state index in [0.29, 0.717) is 5.69 Å². The molecule has 0 saturated carbocycles. The molecule has 0 bridgehead atoms. The molecule has 0 amide bonds. The summed E-state index contributed by atoms with van der Waals surface area (Å²) < 4.78 is 0. The molecule has 1 heterocycles. The summed E-state index contributed by atoms with van der Waals surface area (Å²) in [6.07, 6.45) is 0. The molecule has 0 atom stereocenters. The molecule has 0 saturated heterocycles. The number of aliphatic carboxylic acids is 1. The molecule has 0 radical (unpaired) electrons. The van der Waals surface area contributed by atoms with Gasteiger partial charge in [0.15, 0.2) is 5.13 Å². The Kier molecular flexibility index (Phi) is 3.91. The zero-order valence-electron chi connectivity index (χ0n) is 10.1. The lowest BCUT2D eigenvalue weighted by molar-refractivity contribution is -0.142. The fourth-order valence-corrected chi connectivity index (χ4v) is 2.42. The van der Waals surface area contributed by atoms with E-state index >= 15 is 0 Å². The van der Waals surface area contributed by atoms with Crippen molar-refractivity contribution in [3.63, 3.8) is 0 Å². The van der Waals surface area contributed by atoms with Gasteiger partial charge in [0.05, 0.1) is 5.69 Å². The zero-order chi connectivity index (χ0) is 12.3. The summed E-state index contributed by atoms with van der Waals surface area (Å²) in [5, 5.41) is 11.8. The van der Waals surface area contributed by atoms with E-state index in [4.69, 9.17) is 5.11 Å². The summed E-state index contributed by atoms with van der Waals surface area (Å²) in [6.45, 7) is 9.25. The highest BCUT2D eigenvalue weighted by Gasteiger charge is 2.32. The van der Waals surface area contributed by atoms with Crippen molar-refractivity contribution in [3.8, 4) is 0 Å². The third-order valence-electron chi connectivity index (χ3n) is 2.70. The lowest BCUT2D eigenvalue weighted by atomic mass is 9.90. The summed E-state index contributed by atoms with van der Waals surface area (Å²) in [7, 11) is 0. The van der Waals surface area contributed by atoms with E-state index in [2.05, 4.69) is 23.7 Å². The molecule has 0 unspecified atom stereocenters. The first-order valence-corrected chi connectivity index (χ1v) is 6.25. The highest BCUT2D eigenvalue weighted by molar-refractivity contribution is 7.13. The first kappa shape index (κ1) is 13.0. The Labute approximate surface area is 99.9 Å². The monoisotopic (exact) mass is 242 g/mol. The maximum atomic E-state index is 11.1. The van der Waals surface area contributed by atoms with Gasteiger partial charge in [-0.2, -0.15) is 0 Å². The van der Waals surface area contributed by atoms with Gasteiger partial charge in [0.1, 0.15) is 5.41 Å². The van der Waals surface area contributed by atoms with Crippen LogP contribution in [0.15, 0.2) is 5.38 Å². The normalized spacial score (nSPS) is 11.5. The summed E-state index contributed by atoms with van der Waals surface area (Å²) in [6, 6.07) is 0. The number of thiazole rings is 1. The fourth-order valence-electron chi connectivity index (χ4n) is 1.30. The van der Waals surface area contributed by atoms with E-state index in [0.717, 1.165) is 18.2 Å². The number of carbonyl (C=O) groups is 1. The fraction of sp³-hybridized carbons (Fsp3) is 0.636. The van der Waals surface area contributed by atoms with Gasteiger partial charge in [0, 0.05) is 18.5 Å². The van der Waals surface area contributed by atoms with Crippen molar-refractivity contribution >= 4 is 22.4 Å². The van der Waals surface area contributed by atoms with Gasteiger partial charge in [-0.05, 0) is 27.7 Å². The van der Waals surface area contributed by atoms with Crippen molar-refractivity contribution in [3.05, 3.63) is 11.1 Å². The van der Waals surface area contributed by atoms with Gasteiger partial charge < -0.3 is 10.0 Å². The lowest BCUT2D eigenvalue weighted by Gasteiger charge is -2.18. The minimum Gasteiger partial charge on any atom is -0.481 e. The molecule has 0 aromatic carbocycles. The quantitative estimate of drug-likeness (QED) is 0.861. The van der Waals surface area contributed by atoms with Crippen LogP contribution >= 0.6 is 11.3 Å². The summed E-state index contributed by atoms with van der Waals surface area (Å²) in [4.78, 5) is 17.6. The van der Waals surface area contributed by atoms with Crippen LogP contribution in [0.5, 0.6) is 0 Å². The maximum absolute atomic E-state index is 11.1. The van der Waals surface area contributed by atoms with Gasteiger partial charge in [-0.3, -0.25) is 4.79 Å². The maximum Gasteiger partial charge on any atom is 0.315 e. The Bertz CT molecular complexity index is 370. The molecule has 4 nitrogen and oxygen atoms in total. The molecular weight excluding hydrogens is 224 g/mol. The first-order chi connectivity index (χ1) is 7.43.